The predicted octanol–water partition coefficient (Wildman–Crippen LogP) is 1.70. The van der Waals surface area contributed by atoms with Crippen LogP contribution >= 0.6 is 0 Å². The molecule has 41 heavy (non-hydrogen) atoms. The van der Waals surface area contributed by atoms with Gasteiger partial charge >= 0.3 is 0 Å². The monoisotopic (exact) mass is 554 g/mol. The normalized spacial score (nSPS) is 18.8. The average molecular weight is 555 g/mol. The molecule has 5 N–H and O–H groups in total. The summed E-state index contributed by atoms with van der Waals surface area (Å²) in [5, 5.41) is 2.64. The number of aromatic amines is 1. The van der Waals surface area contributed by atoms with E-state index in [4.69, 9.17) is 10.5 Å². The molecule has 2 aliphatic heterocycles. The number of anilines is 1. The summed E-state index contributed by atoms with van der Waals surface area (Å²) in [6.45, 7) is 3.65. The van der Waals surface area contributed by atoms with E-state index in [9.17, 15) is 14.4 Å². The minimum atomic E-state index is -0.918. The highest BCUT2D eigenvalue weighted by atomic mass is 16.5. The van der Waals surface area contributed by atoms with Crippen molar-refractivity contribution < 1.29 is 19.1 Å². The van der Waals surface area contributed by atoms with Crippen LogP contribution in [0.15, 0.2) is 59.9 Å². The second-order valence-corrected chi connectivity index (χ2v) is 10.4. The van der Waals surface area contributed by atoms with Crippen molar-refractivity contribution in [2.24, 2.45) is 10.7 Å². The van der Waals surface area contributed by atoms with Gasteiger partial charge in [0.15, 0.2) is 0 Å². The molecule has 0 radical (unpaired) electrons. The zero-order chi connectivity index (χ0) is 28.7. The summed E-state index contributed by atoms with van der Waals surface area (Å²) >= 11 is 0. The summed E-state index contributed by atoms with van der Waals surface area (Å²) in [7, 11) is 1.51. The molecular formula is C29H30N8O4. The molecule has 12 heteroatoms. The second-order valence-electron chi connectivity index (χ2n) is 10.4. The molecule has 2 aromatic carbocycles. The zero-order valence-corrected chi connectivity index (χ0v) is 22.7. The molecule has 2 aromatic heterocycles. The molecule has 1 atom stereocenters. The lowest BCUT2D eigenvalue weighted by Crippen LogP contribution is -2.50. The molecule has 0 aliphatic carbocycles. The minimum absolute atomic E-state index is 0.00438. The summed E-state index contributed by atoms with van der Waals surface area (Å²) in [5.74, 6) is 0.0935. The van der Waals surface area contributed by atoms with Gasteiger partial charge < -0.3 is 30.7 Å². The molecule has 0 bridgehead atoms. The number of amides is 2. The van der Waals surface area contributed by atoms with Gasteiger partial charge in [-0.1, -0.05) is 24.3 Å². The first-order chi connectivity index (χ1) is 19.8. The topological polar surface area (TPSA) is 158 Å². The SMILES string of the molecule is COc1ccc(C2=NC(C)(CC(N)=O)NN2)c2[nH]cc(C(=O)C(=O)N3CCN(c4nccc5ccccc45)CC3)c12. The lowest BCUT2D eigenvalue weighted by molar-refractivity contribution is -0.126. The van der Waals surface area contributed by atoms with Crippen molar-refractivity contribution in [3.63, 3.8) is 0 Å². The van der Waals surface area contributed by atoms with E-state index in [2.05, 4.69) is 30.7 Å². The Morgan fingerprint density at radius 3 is 2.61 bits per heavy atom. The van der Waals surface area contributed by atoms with Crippen LogP contribution in [0, 0.1) is 0 Å². The minimum Gasteiger partial charge on any atom is -0.496 e. The molecule has 210 valence electrons. The van der Waals surface area contributed by atoms with Crippen LogP contribution in [-0.4, -0.2) is 77.3 Å². The fourth-order valence-corrected chi connectivity index (χ4v) is 5.55. The molecule has 1 unspecified atom stereocenters. The Labute approximate surface area is 235 Å². The Bertz CT molecular complexity index is 1720. The van der Waals surface area contributed by atoms with Gasteiger partial charge in [-0.15, -0.1) is 0 Å². The van der Waals surface area contributed by atoms with Crippen LogP contribution in [0.4, 0.5) is 5.82 Å². The zero-order valence-electron chi connectivity index (χ0n) is 22.7. The van der Waals surface area contributed by atoms with E-state index in [1.165, 1.54) is 13.3 Å². The number of pyridine rings is 1. The standard InChI is InChI=1S/C29H30N8O4/c1-29(15-22(30)38)33-26(34-35-29)19-7-8-21(41-2)23-20(16-32-24(19)23)25(39)28(40)37-13-11-36(12-14-37)27-18-6-4-3-5-17(18)9-10-31-27/h3-10,16,32,35H,11-15H2,1-2H3,(H2,30,38)(H,33,34). The molecule has 2 amide bonds. The number of ketones is 1. The summed E-state index contributed by atoms with van der Waals surface area (Å²) in [4.78, 5) is 54.6. The number of nitrogens with one attached hydrogen (secondary N) is 3. The van der Waals surface area contributed by atoms with Gasteiger partial charge in [-0.3, -0.25) is 14.4 Å². The molecule has 0 spiro atoms. The number of hydrogen-bond donors (Lipinski definition) is 4. The molecule has 6 rings (SSSR count). The molecular weight excluding hydrogens is 524 g/mol. The van der Waals surface area contributed by atoms with Gasteiger partial charge in [0.1, 0.15) is 23.1 Å². The maximum Gasteiger partial charge on any atom is 0.295 e. The summed E-state index contributed by atoms with van der Waals surface area (Å²) in [6, 6.07) is 13.5. The molecule has 2 aliphatic rings. The Kier molecular flexibility index (Phi) is 6.54. The number of amidine groups is 1. The van der Waals surface area contributed by atoms with E-state index in [0.29, 0.717) is 54.2 Å². The third kappa shape index (κ3) is 4.72. The molecule has 0 saturated carbocycles. The highest BCUT2D eigenvalue weighted by molar-refractivity contribution is 6.45. The van der Waals surface area contributed by atoms with Crippen molar-refractivity contribution in [2.75, 3.05) is 38.2 Å². The first kappa shape index (κ1) is 26.3. The van der Waals surface area contributed by atoms with Crippen molar-refractivity contribution >= 4 is 50.9 Å². The quantitative estimate of drug-likeness (QED) is 0.199. The number of Topliss-reactive ketones (excluding diaryl/α,β-unsaturated/α-hetero) is 1. The maximum absolute atomic E-state index is 13.6. The Hall–Kier alpha value is -4.97. The number of methoxy groups -OCH3 is 1. The van der Waals surface area contributed by atoms with Crippen molar-refractivity contribution in [3.8, 4) is 5.75 Å². The lowest BCUT2D eigenvalue weighted by atomic mass is 10.0. The van der Waals surface area contributed by atoms with Crippen LogP contribution in [0.25, 0.3) is 21.7 Å². The largest absolute Gasteiger partial charge is 0.496 e. The van der Waals surface area contributed by atoms with E-state index < -0.39 is 23.3 Å². The Morgan fingerprint density at radius 2 is 1.85 bits per heavy atom. The number of rotatable bonds is 7. The van der Waals surface area contributed by atoms with Crippen molar-refractivity contribution in [1.29, 1.82) is 0 Å². The number of aliphatic imine (C=N–C) groups is 1. The van der Waals surface area contributed by atoms with E-state index in [1.54, 1.807) is 30.2 Å². The van der Waals surface area contributed by atoms with E-state index >= 15 is 0 Å². The highest BCUT2D eigenvalue weighted by Gasteiger charge is 2.34. The van der Waals surface area contributed by atoms with Gasteiger partial charge in [-0.2, -0.15) is 0 Å². The van der Waals surface area contributed by atoms with Crippen LogP contribution < -0.4 is 26.2 Å². The smallest absolute Gasteiger partial charge is 0.295 e. The van der Waals surface area contributed by atoms with Gasteiger partial charge in [-0.25, -0.2) is 15.4 Å². The van der Waals surface area contributed by atoms with Crippen LogP contribution in [0.5, 0.6) is 5.75 Å². The fraction of sp³-hybridized carbons (Fsp3) is 0.276. The van der Waals surface area contributed by atoms with E-state index in [1.807, 2.05) is 30.3 Å². The third-order valence-electron chi connectivity index (χ3n) is 7.56. The number of primary amides is 1. The molecule has 1 saturated heterocycles. The van der Waals surface area contributed by atoms with E-state index in [-0.39, 0.29) is 12.0 Å². The number of H-pyrrole nitrogens is 1. The first-order valence-corrected chi connectivity index (χ1v) is 13.3. The number of hydrogen-bond acceptors (Lipinski definition) is 9. The van der Waals surface area contributed by atoms with Crippen LogP contribution in [0.2, 0.25) is 0 Å². The van der Waals surface area contributed by atoms with Crippen molar-refractivity contribution in [1.82, 2.24) is 25.7 Å². The van der Waals surface area contributed by atoms with E-state index in [0.717, 1.165) is 16.6 Å². The van der Waals surface area contributed by atoms with Crippen LogP contribution in [0.3, 0.4) is 0 Å². The number of piperazine rings is 1. The van der Waals surface area contributed by atoms with Crippen molar-refractivity contribution in [3.05, 3.63) is 66.0 Å². The number of carbonyl (C=O) groups is 3. The number of nitrogens with two attached hydrogens (primary N) is 1. The number of benzene rings is 2. The van der Waals surface area contributed by atoms with Gasteiger partial charge in [0.05, 0.1) is 30.0 Å². The van der Waals surface area contributed by atoms with Gasteiger partial charge in [0, 0.05) is 49.5 Å². The van der Waals surface area contributed by atoms with Crippen LogP contribution in [-0.2, 0) is 9.59 Å². The van der Waals surface area contributed by atoms with Gasteiger partial charge in [0.2, 0.25) is 5.91 Å². The third-order valence-corrected chi connectivity index (χ3v) is 7.56. The summed E-state index contributed by atoms with van der Waals surface area (Å²) in [6.07, 6.45) is 3.31. The maximum atomic E-state index is 13.6. The number of aromatic nitrogens is 2. The second kappa shape index (κ2) is 10.2. The number of hydrazine groups is 1. The number of ether oxygens (including phenoxy) is 1. The molecule has 4 heterocycles. The lowest BCUT2D eigenvalue weighted by Gasteiger charge is -2.35. The van der Waals surface area contributed by atoms with Gasteiger partial charge in [0.25, 0.3) is 11.7 Å². The highest BCUT2D eigenvalue weighted by Crippen LogP contribution is 2.33. The molecule has 12 nitrogen and oxygen atoms in total. The molecule has 4 aromatic rings. The number of nitrogens with zero attached hydrogens (tertiary/aromatic N) is 4. The first-order valence-electron chi connectivity index (χ1n) is 13.3. The summed E-state index contributed by atoms with van der Waals surface area (Å²) in [5.41, 5.74) is 11.9. The predicted molar refractivity (Wildman–Crippen MR) is 155 cm³/mol. The Balaban J connectivity index is 1.24. The van der Waals surface area contributed by atoms with Gasteiger partial charge in [-0.05, 0) is 30.5 Å². The molecule has 1 fully saturated rings. The van der Waals surface area contributed by atoms with Crippen LogP contribution in [0.1, 0.15) is 29.3 Å². The Morgan fingerprint density at radius 1 is 1.07 bits per heavy atom. The fourth-order valence-electron chi connectivity index (χ4n) is 5.55. The summed E-state index contributed by atoms with van der Waals surface area (Å²) < 4.78 is 5.56. The number of carbonyl (C=O) groups excluding carboxylic acids is 3. The number of fused-ring (bicyclic) bond motifs is 2. The average Bonchev–Trinajstić information content (AvgIpc) is 3.59. The van der Waals surface area contributed by atoms with Crippen molar-refractivity contribution in [2.45, 2.75) is 19.0 Å².